The van der Waals surface area contributed by atoms with Gasteiger partial charge in [0.2, 0.25) is 35.4 Å². The average Bonchev–Trinajstić information content (AvgIpc) is 1.70. The Morgan fingerprint density at radius 2 is 1.49 bits per heavy atom. The maximum Gasteiger partial charge on any atom is 0.399 e. The molecule has 0 saturated carbocycles. The van der Waals surface area contributed by atoms with Crippen LogP contribution in [0.2, 0.25) is 0 Å². The second-order valence-electron chi connectivity index (χ2n) is 24.3. The summed E-state index contributed by atoms with van der Waals surface area (Å²) in [4.78, 5) is 126. The van der Waals surface area contributed by atoms with Crippen LogP contribution in [0.25, 0.3) is 20.5 Å². The summed E-state index contributed by atoms with van der Waals surface area (Å²) in [5, 5.41) is 26.2. The van der Waals surface area contributed by atoms with Gasteiger partial charge in [0.25, 0.3) is 5.91 Å². The van der Waals surface area contributed by atoms with Crippen LogP contribution in [0.15, 0.2) is 93.4 Å². The molecule has 5 heterocycles. The number of ether oxygens (including phenoxy) is 3. The number of anilines is 1. The maximum atomic E-state index is 14.8. The van der Waals surface area contributed by atoms with Gasteiger partial charge in [0.15, 0.2) is 0 Å². The number of aliphatic hydroxyl groups excluding tert-OH is 1. The molecule has 3 aromatic carbocycles. The minimum Gasteiger partial charge on any atom is -0.391 e. The van der Waals surface area contributed by atoms with Crippen LogP contribution in [0.5, 0.6) is 0 Å². The molecule has 7 atom stereocenters. The fourth-order valence-electron chi connectivity index (χ4n) is 11.0. The predicted molar refractivity (Wildman–Crippen MR) is 346 cm³/mol. The molecule has 0 radical (unpaired) electrons. The van der Waals surface area contributed by atoms with Gasteiger partial charge in [-0.05, 0) is 84.2 Å². The molecule has 93 heavy (non-hydrogen) atoms. The molecule has 0 unspecified atom stereocenters. The molecule has 2 aliphatic heterocycles. The number of carbonyl (C=O) groups is 7. The molecule has 2 aliphatic rings. The quantitative estimate of drug-likeness (QED) is 0.0187. The molecule has 2 saturated heterocycles. The highest BCUT2D eigenvalue weighted by Crippen LogP contribution is 2.59. The number of nitrogens with zero attached hydrogens (tertiary/aromatic N) is 5. The third-order valence-corrected chi connectivity index (χ3v) is 19.6. The van der Waals surface area contributed by atoms with Crippen molar-refractivity contribution in [3.63, 3.8) is 0 Å². The number of amides is 7. The lowest BCUT2D eigenvalue weighted by atomic mass is 9.85. The van der Waals surface area contributed by atoms with E-state index in [9.17, 15) is 61.8 Å². The number of aliphatic hydroxyl groups is 1. The van der Waals surface area contributed by atoms with Gasteiger partial charge in [-0.15, -0.1) is 22.7 Å². The molecule has 0 bridgehead atoms. The monoisotopic (exact) mass is 1410 g/mol. The zero-order valence-electron chi connectivity index (χ0n) is 52.6. The normalized spacial score (nSPS) is 17.9. The van der Waals surface area contributed by atoms with E-state index in [1.54, 1.807) is 70.6 Å². The molecule has 0 aliphatic carbocycles. The molecular formula is C63H77BrF2N9O15PS2. The first kappa shape index (κ1) is 71.9. The van der Waals surface area contributed by atoms with E-state index in [0.29, 0.717) is 27.4 Å². The highest BCUT2D eigenvalue weighted by Gasteiger charge is 2.51. The Morgan fingerprint density at radius 3 is 2.10 bits per heavy atom. The number of rotatable bonds is 28. The number of fused-ring (bicyclic) bond motifs is 1. The predicted octanol–water partition coefficient (Wildman–Crippen LogP) is 7.33. The Hall–Kier alpha value is -6.92. The third-order valence-electron chi connectivity index (χ3n) is 16.0. The van der Waals surface area contributed by atoms with Crippen molar-refractivity contribution < 1.29 is 80.5 Å². The standard InChI is InChI=1S/C63H77BrF2N9O15PS2/c1-35(2)54(49-25-36(3)72-90-49)60(82)74-31-44(76)28-47(74)57(79)70-46(38-9-11-39(12-10-38)55-37(4)69-34-92-55)30-52(77)67-19-21-87-23-24-88-22-20-68-53(78)33-89-45-29-48(59(81)73(8)43-16-14-42(64)15-17-43)75(32-45)61(83)56(62(5,6)7)71-58(80)51-27-40-26-41(13-18-50(40)93-51)63(65,66)91(84,85)86/h9-18,25-27,34-35,44-48,54,56,76H,19-24,28-33H2,1-8H3,(H,67,77)(H,68,78)(H,70,79)(H,71,80)(H2,84,85,86)/t44-,45-,46+,47+,48+,54-,56-/m1/s1. The highest BCUT2D eigenvalue weighted by molar-refractivity contribution is 9.10. The van der Waals surface area contributed by atoms with E-state index >= 15 is 0 Å². The van der Waals surface area contributed by atoms with Crippen LogP contribution in [-0.2, 0) is 53.2 Å². The zero-order valence-corrected chi connectivity index (χ0v) is 56.7. The molecule has 24 nitrogen and oxygen atoms in total. The first-order chi connectivity index (χ1) is 43.9. The Bertz CT molecular complexity index is 3690. The highest BCUT2D eigenvalue weighted by atomic mass is 79.9. The first-order valence-electron chi connectivity index (χ1n) is 30.1. The van der Waals surface area contributed by atoms with Crippen molar-refractivity contribution in [2.45, 2.75) is 116 Å². The van der Waals surface area contributed by atoms with Gasteiger partial charge in [-0.1, -0.05) is 86.0 Å². The number of likely N-dealkylation sites (tertiary alicyclic amines) is 2. The summed E-state index contributed by atoms with van der Waals surface area (Å²) in [6, 6.07) is 16.2. The van der Waals surface area contributed by atoms with Crippen LogP contribution in [0.4, 0.5) is 14.5 Å². The number of β-amino-alcohol motifs (C(OH)–C–C–N with tert-alkyl or cyclic N) is 1. The van der Waals surface area contributed by atoms with E-state index in [4.69, 9.17) is 18.7 Å². The van der Waals surface area contributed by atoms with Crippen LogP contribution in [0, 0.1) is 25.2 Å². The fraction of sp³-hybridized carbons (Fsp3) is 0.476. The van der Waals surface area contributed by atoms with E-state index in [-0.39, 0.29) is 99.9 Å². The van der Waals surface area contributed by atoms with E-state index in [1.165, 1.54) is 38.2 Å². The van der Waals surface area contributed by atoms with E-state index in [1.807, 2.05) is 45.0 Å². The molecule has 7 N–H and O–H groups in total. The second kappa shape index (κ2) is 31.1. The van der Waals surface area contributed by atoms with Crippen molar-refractivity contribution in [1.29, 1.82) is 0 Å². The van der Waals surface area contributed by atoms with Crippen molar-refractivity contribution in [1.82, 2.24) is 41.2 Å². The SMILES string of the molecule is Cc1cc([C@H](C(=O)N2C[C@H](O)C[C@H]2C(=O)N[C@@H](CC(=O)NCCOCCOCCNC(=O)CO[C@@H]2C[C@@H](C(=O)N(C)c3ccc(Br)cc3)N(C(=O)[C@@H](NC(=O)c3cc4cc(C(F)(F)P(=O)(O)O)ccc4s3)C(C)(C)C)C2)c2ccc(-c3scnc3C)cc2)C(C)C)on1. The number of likely N-dealkylation sites (N-methyl/N-ethyl adjacent to an activating group) is 1. The van der Waals surface area contributed by atoms with Crippen LogP contribution in [-0.4, -0.2) is 173 Å². The van der Waals surface area contributed by atoms with Gasteiger partial charge >= 0.3 is 13.3 Å². The van der Waals surface area contributed by atoms with Crippen LogP contribution >= 0.6 is 46.2 Å². The number of halogens is 3. The number of alkyl halides is 2. The molecule has 0 spiro atoms. The van der Waals surface area contributed by atoms with Gasteiger partial charge in [0, 0.05) is 72.6 Å². The molecule has 8 rings (SSSR count). The summed E-state index contributed by atoms with van der Waals surface area (Å²) < 4.78 is 64.8. The molecule has 502 valence electrons. The molecular weight excluding hydrogens is 1340 g/mol. The van der Waals surface area contributed by atoms with Crippen LogP contribution in [0.1, 0.15) is 104 Å². The van der Waals surface area contributed by atoms with Gasteiger partial charge in [-0.25, -0.2) is 4.98 Å². The minimum atomic E-state index is -5.87. The average molecular weight is 1410 g/mol. The zero-order chi connectivity index (χ0) is 67.7. The van der Waals surface area contributed by atoms with Crippen molar-refractivity contribution in [3.05, 3.63) is 122 Å². The maximum absolute atomic E-state index is 14.8. The van der Waals surface area contributed by atoms with Crippen molar-refractivity contribution in [2.75, 3.05) is 71.2 Å². The number of hydrogen-bond donors (Lipinski definition) is 7. The summed E-state index contributed by atoms with van der Waals surface area (Å²) in [5.74, 6) is -4.21. The summed E-state index contributed by atoms with van der Waals surface area (Å²) in [6.07, 6.45) is -1.91. The molecule has 6 aromatic rings. The number of thiophene rings is 1. The van der Waals surface area contributed by atoms with Gasteiger partial charge in [-0.3, -0.25) is 38.1 Å². The van der Waals surface area contributed by atoms with Crippen molar-refractivity contribution in [2.24, 2.45) is 11.3 Å². The lowest BCUT2D eigenvalue weighted by Crippen LogP contribution is -2.57. The molecule has 2 fully saturated rings. The Labute approximate surface area is 552 Å². The van der Waals surface area contributed by atoms with Gasteiger partial charge in [0.05, 0.1) is 77.8 Å². The second-order valence-corrected chi connectivity index (χ2v) is 28.8. The Balaban J connectivity index is 0.798. The Kier molecular flexibility index (Phi) is 24.0. The number of nitrogens with one attached hydrogen (secondary N) is 4. The largest absolute Gasteiger partial charge is 0.399 e. The minimum absolute atomic E-state index is 0.000382. The van der Waals surface area contributed by atoms with E-state index < -0.39 is 103 Å². The number of carbonyl (C=O) groups excluding carboxylic acids is 7. The number of benzene rings is 3. The molecule has 3 aromatic heterocycles. The van der Waals surface area contributed by atoms with Crippen molar-refractivity contribution in [3.8, 4) is 10.4 Å². The van der Waals surface area contributed by atoms with Gasteiger partial charge in [0.1, 0.15) is 36.4 Å². The number of thiazole rings is 1. The summed E-state index contributed by atoms with van der Waals surface area (Å²) >= 11 is 5.81. The lowest BCUT2D eigenvalue weighted by Gasteiger charge is -2.36. The topological polar surface area (TPSA) is 322 Å². The molecule has 30 heteroatoms. The van der Waals surface area contributed by atoms with Crippen LogP contribution in [0.3, 0.4) is 0 Å². The van der Waals surface area contributed by atoms with E-state index in [0.717, 1.165) is 44.1 Å². The van der Waals surface area contributed by atoms with Gasteiger partial charge in [-0.2, -0.15) is 8.78 Å². The molecule has 7 amide bonds. The van der Waals surface area contributed by atoms with E-state index in [2.05, 4.69) is 47.3 Å². The fourth-order valence-corrected chi connectivity index (χ4v) is 13.5. The smallest absolute Gasteiger partial charge is 0.391 e. The van der Waals surface area contributed by atoms with Gasteiger partial charge < -0.3 is 69.6 Å². The summed E-state index contributed by atoms with van der Waals surface area (Å²) in [5.41, 5.74) is -1.06. The summed E-state index contributed by atoms with van der Waals surface area (Å²) in [7, 11) is -4.31. The summed E-state index contributed by atoms with van der Waals surface area (Å²) in [6.45, 7) is 12.7. The third kappa shape index (κ3) is 18.1. The Morgan fingerprint density at radius 1 is 0.839 bits per heavy atom. The number of aryl methyl sites for hydroxylation is 2. The lowest BCUT2D eigenvalue weighted by molar-refractivity contribution is -0.141. The van der Waals surface area contributed by atoms with Crippen LogP contribution < -0.4 is 26.2 Å². The first-order valence-corrected chi connectivity index (χ1v) is 34.2. The number of hydrogen-bond acceptors (Lipinski definition) is 17. The number of aromatic nitrogens is 2. The van der Waals surface area contributed by atoms with Crippen molar-refractivity contribution >= 4 is 103 Å².